The first-order valence-corrected chi connectivity index (χ1v) is 10.5. The minimum absolute atomic E-state index is 0.146. The highest BCUT2D eigenvalue weighted by Gasteiger charge is 2.20. The first kappa shape index (κ1) is 20.3. The van der Waals surface area contributed by atoms with E-state index in [0.717, 1.165) is 50.0 Å². The summed E-state index contributed by atoms with van der Waals surface area (Å²) in [5.74, 6) is 3.00. The van der Waals surface area contributed by atoms with Crippen LogP contribution in [0.2, 0.25) is 0 Å². The number of aryl methyl sites for hydroxylation is 4. The summed E-state index contributed by atoms with van der Waals surface area (Å²) in [6, 6.07) is 8.40. The molecule has 30 heavy (non-hydrogen) atoms. The summed E-state index contributed by atoms with van der Waals surface area (Å²) >= 11 is 0. The molecule has 2 aromatic heterocycles. The number of benzene rings is 1. The average molecular weight is 408 g/mol. The van der Waals surface area contributed by atoms with E-state index < -0.39 is 0 Å². The van der Waals surface area contributed by atoms with E-state index in [1.165, 1.54) is 16.7 Å². The van der Waals surface area contributed by atoms with Gasteiger partial charge in [-0.3, -0.25) is 9.69 Å². The van der Waals surface area contributed by atoms with Gasteiger partial charge in [0.1, 0.15) is 17.3 Å². The zero-order valence-corrected chi connectivity index (χ0v) is 18.2. The van der Waals surface area contributed by atoms with Crippen LogP contribution in [-0.2, 0) is 26.1 Å². The van der Waals surface area contributed by atoms with E-state index in [2.05, 4.69) is 57.0 Å². The zero-order chi connectivity index (χ0) is 21.3. The van der Waals surface area contributed by atoms with E-state index in [1.54, 1.807) is 13.0 Å². The highest BCUT2D eigenvalue weighted by Crippen LogP contribution is 2.17. The molecule has 3 heterocycles. The number of hydrogen-bond acceptors (Lipinski definition) is 5. The normalized spacial score (nSPS) is 14.4. The predicted octanol–water partition coefficient (Wildman–Crippen LogP) is 3.09. The van der Waals surface area contributed by atoms with E-state index in [1.807, 2.05) is 6.92 Å². The van der Waals surface area contributed by atoms with Crippen molar-refractivity contribution in [1.29, 1.82) is 0 Å². The first-order chi connectivity index (χ1) is 14.4. The number of carbonyl (C=O) groups is 1. The van der Waals surface area contributed by atoms with Gasteiger partial charge in [0.2, 0.25) is 0 Å². The Morgan fingerprint density at radius 1 is 1.10 bits per heavy atom. The Hall–Kier alpha value is -2.93. The van der Waals surface area contributed by atoms with Gasteiger partial charge in [0.15, 0.2) is 5.82 Å². The molecule has 3 aromatic rings. The fourth-order valence-corrected chi connectivity index (χ4v) is 4.04. The Balaban J connectivity index is 1.40. The molecule has 1 amide bonds. The Morgan fingerprint density at radius 3 is 2.70 bits per heavy atom. The van der Waals surface area contributed by atoms with Gasteiger partial charge in [0.05, 0.1) is 12.1 Å². The van der Waals surface area contributed by atoms with Gasteiger partial charge < -0.3 is 14.3 Å². The molecular formula is C23H29N5O2. The lowest BCUT2D eigenvalue weighted by atomic mass is 10.1. The van der Waals surface area contributed by atoms with Crippen molar-refractivity contribution in [2.24, 2.45) is 0 Å². The number of nitrogens with one attached hydrogen (secondary N) is 1. The molecule has 7 heteroatoms. The second kappa shape index (κ2) is 8.44. The van der Waals surface area contributed by atoms with Gasteiger partial charge in [-0.1, -0.05) is 23.8 Å². The quantitative estimate of drug-likeness (QED) is 0.703. The Labute approximate surface area is 177 Å². The van der Waals surface area contributed by atoms with Crippen molar-refractivity contribution in [3.63, 3.8) is 0 Å². The smallest absolute Gasteiger partial charge is 0.255 e. The van der Waals surface area contributed by atoms with E-state index in [-0.39, 0.29) is 5.91 Å². The van der Waals surface area contributed by atoms with Gasteiger partial charge in [-0.25, -0.2) is 0 Å². The van der Waals surface area contributed by atoms with Gasteiger partial charge in [0.25, 0.3) is 5.91 Å². The summed E-state index contributed by atoms with van der Waals surface area (Å²) in [6.07, 6.45) is 0.853. The largest absolute Gasteiger partial charge is 0.466 e. The van der Waals surface area contributed by atoms with Crippen LogP contribution in [0, 0.1) is 27.7 Å². The average Bonchev–Trinajstić information content (AvgIpc) is 3.19. The fourth-order valence-electron chi connectivity index (χ4n) is 4.04. The minimum atomic E-state index is -0.146. The van der Waals surface area contributed by atoms with Crippen LogP contribution < -0.4 is 5.32 Å². The van der Waals surface area contributed by atoms with Crippen LogP contribution in [0.3, 0.4) is 0 Å². The zero-order valence-electron chi connectivity index (χ0n) is 18.2. The number of nitrogens with zero attached hydrogens (tertiary/aromatic N) is 4. The van der Waals surface area contributed by atoms with Crippen molar-refractivity contribution in [3.8, 4) is 0 Å². The van der Waals surface area contributed by atoms with Crippen molar-refractivity contribution >= 4 is 5.91 Å². The van der Waals surface area contributed by atoms with Crippen molar-refractivity contribution < 1.29 is 9.21 Å². The number of rotatable bonds is 5. The Bertz CT molecular complexity index is 1070. The Kier molecular flexibility index (Phi) is 5.72. The van der Waals surface area contributed by atoms with Crippen molar-refractivity contribution in [1.82, 2.24) is 25.0 Å². The molecule has 0 spiro atoms. The molecule has 0 unspecified atom stereocenters. The molecule has 0 saturated heterocycles. The highest BCUT2D eigenvalue weighted by molar-refractivity contribution is 5.95. The van der Waals surface area contributed by atoms with Crippen LogP contribution in [0.5, 0.6) is 0 Å². The summed E-state index contributed by atoms with van der Waals surface area (Å²) in [5.41, 5.74) is 4.58. The van der Waals surface area contributed by atoms with Crippen LogP contribution in [0.1, 0.15) is 50.2 Å². The van der Waals surface area contributed by atoms with E-state index in [4.69, 9.17) is 4.42 Å². The van der Waals surface area contributed by atoms with Gasteiger partial charge in [0, 0.05) is 32.6 Å². The lowest BCUT2D eigenvalue weighted by Crippen LogP contribution is -2.28. The second-order valence-electron chi connectivity index (χ2n) is 8.15. The standard InChI is InChI=1S/C23H29N5O2/c1-15-5-6-16(2)19(11-15)14-27-8-7-21-25-26-22(28(21)10-9-27)13-24-23(29)20-12-17(3)30-18(20)4/h5-6,11-12H,7-10,13-14H2,1-4H3,(H,24,29). The molecule has 1 N–H and O–H groups in total. The van der Waals surface area contributed by atoms with Gasteiger partial charge >= 0.3 is 0 Å². The third-order valence-corrected chi connectivity index (χ3v) is 5.79. The molecule has 0 bridgehead atoms. The summed E-state index contributed by atoms with van der Waals surface area (Å²) in [6.45, 7) is 11.9. The van der Waals surface area contributed by atoms with Crippen LogP contribution in [0.4, 0.5) is 0 Å². The maximum atomic E-state index is 12.5. The summed E-state index contributed by atoms with van der Waals surface area (Å²) in [7, 11) is 0. The summed E-state index contributed by atoms with van der Waals surface area (Å²) in [5, 5.41) is 11.7. The fraction of sp³-hybridized carbons (Fsp3) is 0.435. The number of hydrogen-bond donors (Lipinski definition) is 1. The van der Waals surface area contributed by atoms with Crippen molar-refractivity contribution in [2.75, 3.05) is 13.1 Å². The highest BCUT2D eigenvalue weighted by atomic mass is 16.3. The van der Waals surface area contributed by atoms with Gasteiger partial charge in [-0.05, 0) is 44.9 Å². The molecule has 4 rings (SSSR count). The number of fused-ring (bicyclic) bond motifs is 1. The van der Waals surface area contributed by atoms with Gasteiger partial charge in [-0.2, -0.15) is 0 Å². The maximum absolute atomic E-state index is 12.5. The first-order valence-electron chi connectivity index (χ1n) is 10.5. The molecule has 158 valence electrons. The third kappa shape index (κ3) is 4.31. The lowest BCUT2D eigenvalue weighted by molar-refractivity contribution is 0.0948. The third-order valence-electron chi connectivity index (χ3n) is 5.79. The monoisotopic (exact) mass is 407 g/mol. The molecular weight excluding hydrogens is 378 g/mol. The van der Waals surface area contributed by atoms with Crippen molar-refractivity contribution in [3.05, 3.63) is 69.7 Å². The van der Waals surface area contributed by atoms with Crippen LogP contribution in [-0.4, -0.2) is 38.7 Å². The SMILES string of the molecule is Cc1ccc(C)c(CN2CCc3nnc(CNC(=O)c4cc(C)oc4C)n3CC2)c1. The van der Waals surface area contributed by atoms with E-state index in [0.29, 0.717) is 17.9 Å². The van der Waals surface area contributed by atoms with Crippen LogP contribution in [0.25, 0.3) is 0 Å². The number of carbonyl (C=O) groups excluding carboxylic acids is 1. The minimum Gasteiger partial charge on any atom is -0.466 e. The van der Waals surface area contributed by atoms with E-state index >= 15 is 0 Å². The second-order valence-corrected chi connectivity index (χ2v) is 8.15. The molecule has 0 aliphatic carbocycles. The maximum Gasteiger partial charge on any atom is 0.255 e. The van der Waals surface area contributed by atoms with Gasteiger partial charge in [-0.15, -0.1) is 10.2 Å². The molecule has 1 aliphatic rings. The van der Waals surface area contributed by atoms with Crippen molar-refractivity contribution in [2.45, 2.75) is 53.8 Å². The molecule has 0 atom stereocenters. The molecule has 0 fully saturated rings. The summed E-state index contributed by atoms with van der Waals surface area (Å²) in [4.78, 5) is 15.0. The van der Waals surface area contributed by atoms with Crippen LogP contribution in [0.15, 0.2) is 28.7 Å². The molecule has 1 aliphatic heterocycles. The Morgan fingerprint density at radius 2 is 1.93 bits per heavy atom. The topological polar surface area (TPSA) is 76.2 Å². The number of furan rings is 1. The lowest BCUT2D eigenvalue weighted by Gasteiger charge is -2.21. The molecule has 7 nitrogen and oxygen atoms in total. The number of amides is 1. The number of aromatic nitrogens is 3. The van der Waals surface area contributed by atoms with E-state index in [9.17, 15) is 4.79 Å². The predicted molar refractivity (Wildman–Crippen MR) is 114 cm³/mol. The molecule has 0 radical (unpaired) electrons. The molecule has 0 saturated carbocycles. The van der Waals surface area contributed by atoms with Crippen LogP contribution >= 0.6 is 0 Å². The summed E-state index contributed by atoms with van der Waals surface area (Å²) < 4.78 is 7.61. The molecule has 1 aromatic carbocycles.